The van der Waals surface area contributed by atoms with Crippen molar-refractivity contribution in [3.63, 3.8) is 0 Å². The van der Waals surface area contributed by atoms with E-state index in [1.165, 1.54) is 6.42 Å². The monoisotopic (exact) mass is 329 g/mol. The first-order valence-corrected chi connectivity index (χ1v) is 8.30. The average molecular weight is 330 g/mol. The molecule has 2 heterocycles. The van der Waals surface area contributed by atoms with Crippen molar-refractivity contribution < 1.29 is 4.79 Å². The summed E-state index contributed by atoms with van der Waals surface area (Å²) in [5.41, 5.74) is 3.24. The summed E-state index contributed by atoms with van der Waals surface area (Å²) < 4.78 is 0. The highest BCUT2D eigenvalue weighted by molar-refractivity contribution is 6.31. The Kier molecular flexibility index (Phi) is 4.82. The van der Waals surface area contributed by atoms with Gasteiger partial charge in [0.1, 0.15) is 5.69 Å². The van der Waals surface area contributed by atoms with Gasteiger partial charge in [-0.25, -0.2) is 0 Å². The number of anilines is 2. The first-order valence-electron chi connectivity index (χ1n) is 7.92. The fourth-order valence-electron chi connectivity index (χ4n) is 2.72. The highest BCUT2D eigenvalue weighted by atomic mass is 35.5. The van der Waals surface area contributed by atoms with Gasteiger partial charge in [0, 0.05) is 35.7 Å². The van der Waals surface area contributed by atoms with E-state index in [-0.39, 0.29) is 5.91 Å². The standard InChI is InChI=1S/C18H20ClN3O/c1-13-5-6-14(11-16(13)19)21-15-7-8-20-17(12-15)18(23)22-9-3-2-4-10-22/h5-8,11-12H,2-4,9-10H2,1H3,(H,20,21). The van der Waals surface area contributed by atoms with Gasteiger partial charge >= 0.3 is 0 Å². The summed E-state index contributed by atoms with van der Waals surface area (Å²) in [6.07, 6.45) is 5.01. The second-order valence-corrected chi connectivity index (χ2v) is 6.28. The van der Waals surface area contributed by atoms with Crippen molar-refractivity contribution in [2.24, 2.45) is 0 Å². The molecule has 0 bridgehead atoms. The van der Waals surface area contributed by atoms with E-state index >= 15 is 0 Å². The van der Waals surface area contributed by atoms with E-state index < -0.39 is 0 Å². The largest absolute Gasteiger partial charge is 0.355 e. The van der Waals surface area contributed by atoms with Crippen molar-refractivity contribution in [3.05, 3.63) is 52.8 Å². The summed E-state index contributed by atoms with van der Waals surface area (Å²) in [6, 6.07) is 9.45. The van der Waals surface area contributed by atoms with E-state index in [2.05, 4.69) is 10.3 Å². The Balaban J connectivity index is 1.76. The zero-order valence-electron chi connectivity index (χ0n) is 13.2. The predicted octanol–water partition coefficient (Wildman–Crippen LogP) is 4.41. The summed E-state index contributed by atoms with van der Waals surface area (Å²) in [7, 11) is 0. The molecule has 0 aliphatic carbocycles. The molecule has 2 aromatic rings. The van der Waals surface area contributed by atoms with Crippen molar-refractivity contribution in [2.75, 3.05) is 18.4 Å². The number of rotatable bonds is 3. The quantitative estimate of drug-likeness (QED) is 0.907. The lowest BCUT2D eigenvalue weighted by Gasteiger charge is -2.26. The van der Waals surface area contributed by atoms with E-state index in [0.717, 1.165) is 42.9 Å². The van der Waals surface area contributed by atoms with Crippen LogP contribution >= 0.6 is 11.6 Å². The molecule has 1 saturated heterocycles. The number of hydrogen-bond acceptors (Lipinski definition) is 3. The molecule has 0 unspecified atom stereocenters. The molecule has 1 aliphatic heterocycles. The molecule has 1 aromatic heterocycles. The van der Waals surface area contributed by atoms with Crippen molar-refractivity contribution >= 4 is 28.9 Å². The molecule has 0 radical (unpaired) electrons. The third-order valence-electron chi connectivity index (χ3n) is 4.08. The molecule has 23 heavy (non-hydrogen) atoms. The maximum absolute atomic E-state index is 12.5. The van der Waals surface area contributed by atoms with Crippen molar-refractivity contribution in [3.8, 4) is 0 Å². The smallest absolute Gasteiger partial charge is 0.272 e. The number of aryl methyl sites for hydroxylation is 1. The van der Waals surface area contributed by atoms with Crippen LogP contribution in [0.1, 0.15) is 35.3 Å². The molecule has 4 nitrogen and oxygen atoms in total. The lowest BCUT2D eigenvalue weighted by atomic mass is 10.1. The topological polar surface area (TPSA) is 45.2 Å². The van der Waals surface area contributed by atoms with E-state index in [0.29, 0.717) is 10.7 Å². The van der Waals surface area contributed by atoms with Gasteiger partial charge in [-0.15, -0.1) is 0 Å². The molecule has 0 atom stereocenters. The number of halogens is 1. The number of likely N-dealkylation sites (tertiary alicyclic amines) is 1. The van der Waals surface area contributed by atoms with Gasteiger partial charge in [0.25, 0.3) is 5.91 Å². The SMILES string of the molecule is Cc1ccc(Nc2ccnc(C(=O)N3CCCCC3)c2)cc1Cl. The predicted molar refractivity (Wildman–Crippen MR) is 93.5 cm³/mol. The summed E-state index contributed by atoms with van der Waals surface area (Å²) in [5.74, 6) is 0.00953. The minimum absolute atomic E-state index is 0.00953. The van der Waals surface area contributed by atoms with E-state index in [4.69, 9.17) is 11.6 Å². The number of nitrogens with zero attached hydrogens (tertiary/aromatic N) is 2. The zero-order valence-corrected chi connectivity index (χ0v) is 13.9. The van der Waals surface area contributed by atoms with Crippen LogP contribution in [0.3, 0.4) is 0 Å². The van der Waals surface area contributed by atoms with Crippen LogP contribution in [-0.2, 0) is 0 Å². The summed E-state index contributed by atoms with van der Waals surface area (Å²) in [4.78, 5) is 18.6. The molecule has 1 amide bonds. The van der Waals surface area contributed by atoms with Crippen LogP contribution in [0.5, 0.6) is 0 Å². The molecule has 1 fully saturated rings. The molecule has 0 saturated carbocycles. The Morgan fingerprint density at radius 2 is 1.87 bits per heavy atom. The first-order chi connectivity index (χ1) is 11.1. The number of aromatic nitrogens is 1. The molecule has 0 spiro atoms. The molecule has 5 heteroatoms. The fraction of sp³-hybridized carbons (Fsp3) is 0.333. The highest BCUT2D eigenvalue weighted by Gasteiger charge is 2.19. The lowest BCUT2D eigenvalue weighted by Crippen LogP contribution is -2.36. The molecule has 1 aliphatic rings. The maximum Gasteiger partial charge on any atom is 0.272 e. The van der Waals surface area contributed by atoms with Gasteiger partial charge in [-0.3, -0.25) is 9.78 Å². The Morgan fingerprint density at radius 1 is 1.13 bits per heavy atom. The number of carbonyl (C=O) groups is 1. The van der Waals surface area contributed by atoms with Gasteiger partial charge in [-0.2, -0.15) is 0 Å². The van der Waals surface area contributed by atoms with Crippen LogP contribution in [0.25, 0.3) is 0 Å². The van der Waals surface area contributed by atoms with E-state index in [1.54, 1.807) is 12.3 Å². The first kappa shape index (κ1) is 15.8. The average Bonchev–Trinajstić information content (AvgIpc) is 2.58. The van der Waals surface area contributed by atoms with Crippen LogP contribution in [-0.4, -0.2) is 28.9 Å². The van der Waals surface area contributed by atoms with Gasteiger partial charge in [-0.05, 0) is 56.0 Å². The van der Waals surface area contributed by atoms with Gasteiger partial charge in [0.2, 0.25) is 0 Å². The summed E-state index contributed by atoms with van der Waals surface area (Å²) >= 11 is 6.15. The van der Waals surface area contributed by atoms with Crippen LogP contribution in [0.15, 0.2) is 36.5 Å². The third kappa shape index (κ3) is 3.82. The van der Waals surface area contributed by atoms with E-state index in [1.807, 2.05) is 36.1 Å². The molecule has 3 rings (SSSR count). The summed E-state index contributed by atoms with van der Waals surface area (Å²) in [6.45, 7) is 3.62. The minimum Gasteiger partial charge on any atom is -0.355 e. The number of pyridine rings is 1. The van der Waals surface area contributed by atoms with Crippen LogP contribution < -0.4 is 5.32 Å². The van der Waals surface area contributed by atoms with Crippen molar-refractivity contribution in [1.29, 1.82) is 0 Å². The Bertz CT molecular complexity index is 711. The Labute approximate surface area is 141 Å². The second-order valence-electron chi connectivity index (χ2n) is 5.87. The lowest BCUT2D eigenvalue weighted by molar-refractivity contribution is 0.0718. The van der Waals surface area contributed by atoms with Gasteiger partial charge in [-0.1, -0.05) is 17.7 Å². The Hall–Kier alpha value is -2.07. The van der Waals surface area contributed by atoms with Gasteiger partial charge in [0.15, 0.2) is 0 Å². The molecular formula is C18H20ClN3O. The second kappa shape index (κ2) is 7.01. The zero-order chi connectivity index (χ0) is 16.2. The number of carbonyl (C=O) groups excluding carboxylic acids is 1. The fourth-order valence-corrected chi connectivity index (χ4v) is 2.90. The number of benzene rings is 1. The highest BCUT2D eigenvalue weighted by Crippen LogP contribution is 2.23. The van der Waals surface area contributed by atoms with Crippen molar-refractivity contribution in [2.45, 2.75) is 26.2 Å². The normalized spacial score (nSPS) is 14.6. The molecule has 1 aromatic carbocycles. The minimum atomic E-state index is 0.00953. The third-order valence-corrected chi connectivity index (χ3v) is 4.49. The van der Waals surface area contributed by atoms with Crippen molar-refractivity contribution in [1.82, 2.24) is 9.88 Å². The van der Waals surface area contributed by atoms with E-state index in [9.17, 15) is 4.79 Å². The number of piperidine rings is 1. The molecule has 120 valence electrons. The number of amides is 1. The molecular weight excluding hydrogens is 310 g/mol. The van der Waals surface area contributed by atoms with Crippen LogP contribution in [0, 0.1) is 6.92 Å². The van der Waals surface area contributed by atoms with Gasteiger partial charge in [0.05, 0.1) is 0 Å². The maximum atomic E-state index is 12.5. The van der Waals surface area contributed by atoms with Gasteiger partial charge < -0.3 is 10.2 Å². The Morgan fingerprint density at radius 3 is 2.61 bits per heavy atom. The van der Waals surface area contributed by atoms with Crippen LogP contribution in [0.4, 0.5) is 11.4 Å². The van der Waals surface area contributed by atoms with Crippen LogP contribution in [0.2, 0.25) is 5.02 Å². The summed E-state index contributed by atoms with van der Waals surface area (Å²) in [5, 5.41) is 3.99. The molecule has 1 N–H and O–H groups in total. The number of hydrogen-bond donors (Lipinski definition) is 1. The number of nitrogens with one attached hydrogen (secondary N) is 1.